The number of carbonyl (C=O) groups is 1. The first-order valence-electron chi connectivity index (χ1n) is 7.85. The van der Waals surface area contributed by atoms with Crippen LogP contribution in [0.4, 0.5) is 4.79 Å². The molecular weight excluding hydrogens is 324 g/mol. The summed E-state index contributed by atoms with van der Waals surface area (Å²) in [5.41, 5.74) is 4.27. The van der Waals surface area contributed by atoms with Crippen LogP contribution in [0.1, 0.15) is 16.8 Å². The summed E-state index contributed by atoms with van der Waals surface area (Å²) in [5, 5.41) is 4.59. The molecule has 0 bridgehead atoms. The molecule has 5 heteroatoms. The normalized spacial score (nSPS) is 10.8. The standard InChI is InChI=1S/C19H19ClN2O2/c1-13-16(17-11-15(20)7-8-18(17)22-13)9-10-21-19(23)24-12-14-5-3-2-4-6-14/h2-8,11,22H,9-10,12H2,1H3,(H,21,23). The number of aryl methyl sites for hydroxylation is 1. The largest absolute Gasteiger partial charge is 0.445 e. The van der Waals surface area contributed by atoms with Crippen molar-refractivity contribution in [1.82, 2.24) is 10.3 Å². The van der Waals surface area contributed by atoms with Gasteiger partial charge in [-0.05, 0) is 42.7 Å². The number of amides is 1. The predicted molar refractivity (Wildman–Crippen MR) is 96.4 cm³/mol. The van der Waals surface area contributed by atoms with Crippen LogP contribution in [0.5, 0.6) is 0 Å². The van der Waals surface area contributed by atoms with E-state index >= 15 is 0 Å². The van der Waals surface area contributed by atoms with Gasteiger partial charge in [0.2, 0.25) is 0 Å². The van der Waals surface area contributed by atoms with E-state index in [9.17, 15) is 4.79 Å². The minimum Gasteiger partial charge on any atom is -0.445 e. The van der Waals surface area contributed by atoms with Crippen molar-refractivity contribution in [3.8, 4) is 0 Å². The molecule has 0 aliphatic rings. The second kappa shape index (κ2) is 7.41. The number of halogens is 1. The third-order valence-electron chi connectivity index (χ3n) is 3.94. The summed E-state index contributed by atoms with van der Waals surface area (Å²) >= 11 is 6.08. The summed E-state index contributed by atoms with van der Waals surface area (Å²) in [4.78, 5) is 15.1. The summed E-state index contributed by atoms with van der Waals surface area (Å²) in [5.74, 6) is 0. The third kappa shape index (κ3) is 3.89. The topological polar surface area (TPSA) is 54.1 Å². The van der Waals surface area contributed by atoms with E-state index in [1.165, 1.54) is 0 Å². The van der Waals surface area contributed by atoms with Crippen molar-refractivity contribution >= 4 is 28.6 Å². The Bertz CT molecular complexity index is 843. The fourth-order valence-corrected chi connectivity index (χ4v) is 2.91. The molecule has 2 N–H and O–H groups in total. The number of rotatable bonds is 5. The van der Waals surface area contributed by atoms with Crippen LogP contribution in [-0.2, 0) is 17.8 Å². The number of fused-ring (bicyclic) bond motifs is 1. The zero-order chi connectivity index (χ0) is 16.9. The van der Waals surface area contributed by atoms with Gasteiger partial charge in [-0.2, -0.15) is 0 Å². The van der Waals surface area contributed by atoms with Crippen LogP contribution in [0.25, 0.3) is 10.9 Å². The van der Waals surface area contributed by atoms with Crippen molar-refractivity contribution in [3.05, 3.63) is 70.4 Å². The van der Waals surface area contributed by atoms with E-state index in [0.717, 1.165) is 27.7 Å². The number of carbonyl (C=O) groups excluding carboxylic acids is 1. The van der Waals surface area contributed by atoms with Crippen molar-refractivity contribution in [2.45, 2.75) is 20.0 Å². The molecule has 0 fully saturated rings. The SMILES string of the molecule is Cc1[nH]c2ccc(Cl)cc2c1CCNC(=O)OCc1ccccc1. The third-order valence-corrected chi connectivity index (χ3v) is 4.17. The van der Waals surface area contributed by atoms with Gasteiger partial charge in [0.15, 0.2) is 0 Å². The number of ether oxygens (including phenoxy) is 1. The Kier molecular flexibility index (Phi) is 5.06. The number of nitrogens with one attached hydrogen (secondary N) is 2. The lowest BCUT2D eigenvalue weighted by atomic mass is 10.1. The Balaban J connectivity index is 1.54. The lowest BCUT2D eigenvalue weighted by Crippen LogP contribution is -2.26. The van der Waals surface area contributed by atoms with E-state index in [0.29, 0.717) is 18.0 Å². The Morgan fingerprint density at radius 1 is 1.21 bits per heavy atom. The van der Waals surface area contributed by atoms with E-state index < -0.39 is 6.09 Å². The molecule has 0 spiro atoms. The fraction of sp³-hybridized carbons (Fsp3) is 0.211. The number of benzene rings is 2. The van der Waals surface area contributed by atoms with E-state index in [1.807, 2.05) is 55.5 Å². The average molecular weight is 343 g/mol. The highest BCUT2D eigenvalue weighted by atomic mass is 35.5. The summed E-state index contributed by atoms with van der Waals surface area (Å²) in [7, 11) is 0. The monoisotopic (exact) mass is 342 g/mol. The second-order valence-electron chi connectivity index (χ2n) is 5.66. The molecule has 0 radical (unpaired) electrons. The van der Waals surface area contributed by atoms with Gasteiger partial charge in [0, 0.05) is 28.2 Å². The molecule has 1 amide bonds. The van der Waals surface area contributed by atoms with Gasteiger partial charge >= 0.3 is 6.09 Å². The van der Waals surface area contributed by atoms with Gasteiger partial charge in [-0.1, -0.05) is 41.9 Å². The average Bonchev–Trinajstić information content (AvgIpc) is 2.89. The maximum Gasteiger partial charge on any atom is 0.407 e. The number of hydrogen-bond acceptors (Lipinski definition) is 2. The van der Waals surface area contributed by atoms with Gasteiger partial charge in [0.05, 0.1) is 0 Å². The highest BCUT2D eigenvalue weighted by molar-refractivity contribution is 6.31. The fourth-order valence-electron chi connectivity index (χ4n) is 2.74. The Hall–Kier alpha value is -2.46. The van der Waals surface area contributed by atoms with Crippen LogP contribution in [0.2, 0.25) is 5.02 Å². The predicted octanol–water partition coefficient (Wildman–Crippen LogP) is 4.60. The van der Waals surface area contributed by atoms with Crippen LogP contribution in [0.15, 0.2) is 48.5 Å². The molecular formula is C19H19ClN2O2. The van der Waals surface area contributed by atoms with Crippen molar-refractivity contribution < 1.29 is 9.53 Å². The number of aromatic nitrogens is 1. The number of aromatic amines is 1. The van der Waals surface area contributed by atoms with Crippen molar-refractivity contribution in [2.75, 3.05) is 6.54 Å². The zero-order valence-electron chi connectivity index (χ0n) is 13.4. The Labute approximate surface area is 145 Å². The molecule has 0 aliphatic carbocycles. The highest BCUT2D eigenvalue weighted by Gasteiger charge is 2.10. The Morgan fingerprint density at radius 2 is 2.00 bits per heavy atom. The van der Waals surface area contributed by atoms with Gasteiger partial charge in [-0.15, -0.1) is 0 Å². The Morgan fingerprint density at radius 3 is 2.79 bits per heavy atom. The minimum atomic E-state index is -0.408. The van der Waals surface area contributed by atoms with Crippen LogP contribution in [0.3, 0.4) is 0 Å². The molecule has 0 unspecified atom stereocenters. The lowest BCUT2D eigenvalue weighted by Gasteiger charge is -2.07. The van der Waals surface area contributed by atoms with Gasteiger partial charge in [-0.3, -0.25) is 0 Å². The van der Waals surface area contributed by atoms with E-state index in [4.69, 9.17) is 16.3 Å². The number of hydrogen-bond donors (Lipinski definition) is 2. The molecule has 3 rings (SSSR count). The van der Waals surface area contributed by atoms with Crippen LogP contribution in [-0.4, -0.2) is 17.6 Å². The lowest BCUT2D eigenvalue weighted by molar-refractivity contribution is 0.140. The smallest absolute Gasteiger partial charge is 0.407 e. The first-order chi connectivity index (χ1) is 11.6. The van der Waals surface area contributed by atoms with E-state index in [-0.39, 0.29) is 6.61 Å². The molecule has 0 aliphatic heterocycles. The van der Waals surface area contributed by atoms with Crippen LogP contribution >= 0.6 is 11.6 Å². The van der Waals surface area contributed by atoms with Crippen LogP contribution in [0, 0.1) is 6.92 Å². The zero-order valence-corrected chi connectivity index (χ0v) is 14.2. The van der Waals surface area contributed by atoms with Gasteiger partial charge in [0.1, 0.15) is 6.61 Å². The summed E-state index contributed by atoms with van der Waals surface area (Å²) in [6.07, 6.45) is 0.307. The number of H-pyrrole nitrogens is 1. The minimum absolute atomic E-state index is 0.272. The van der Waals surface area contributed by atoms with Crippen molar-refractivity contribution in [2.24, 2.45) is 0 Å². The summed E-state index contributed by atoms with van der Waals surface area (Å²) in [6, 6.07) is 15.4. The summed E-state index contributed by atoms with van der Waals surface area (Å²) < 4.78 is 5.21. The molecule has 1 heterocycles. The van der Waals surface area contributed by atoms with Crippen molar-refractivity contribution in [3.63, 3.8) is 0 Å². The van der Waals surface area contributed by atoms with Gasteiger partial charge in [-0.25, -0.2) is 4.79 Å². The maximum absolute atomic E-state index is 11.8. The molecule has 3 aromatic rings. The highest BCUT2D eigenvalue weighted by Crippen LogP contribution is 2.25. The molecule has 4 nitrogen and oxygen atoms in total. The molecule has 2 aromatic carbocycles. The summed E-state index contributed by atoms with van der Waals surface area (Å²) in [6.45, 7) is 2.80. The quantitative estimate of drug-likeness (QED) is 0.712. The first kappa shape index (κ1) is 16.4. The van der Waals surface area contributed by atoms with E-state index in [2.05, 4.69) is 10.3 Å². The first-order valence-corrected chi connectivity index (χ1v) is 8.22. The molecule has 0 saturated heterocycles. The van der Waals surface area contributed by atoms with Gasteiger partial charge in [0.25, 0.3) is 0 Å². The van der Waals surface area contributed by atoms with E-state index in [1.54, 1.807) is 0 Å². The molecule has 0 saturated carbocycles. The molecule has 0 atom stereocenters. The van der Waals surface area contributed by atoms with Gasteiger partial charge < -0.3 is 15.0 Å². The maximum atomic E-state index is 11.8. The molecule has 124 valence electrons. The number of alkyl carbamates (subject to hydrolysis) is 1. The molecule has 24 heavy (non-hydrogen) atoms. The molecule has 1 aromatic heterocycles. The van der Waals surface area contributed by atoms with Crippen LogP contribution < -0.4 is 5.32 Å². The second-order valence-corrected chi connectivity index (χ2v) is 6.09. The van der Waals surface area contributed by atoms with Crippen molar-refractivity contribution in [1.29, 1.82) is 0 Å².